The van der Waals surface area contributed by atoms with Gasteiger partial charge in [0.1, 0.15) is 0 Å². The summed E-state index contributed by atoms with van der Waals surface area (Å²) in [5.41, 5.74) is 0. The Morgan fingerprint density at radius 3 is 2.50 bits per heavy atom. The Morgan fingerprint density at radius 2 is 2.07 bits per heavy atom. The summed E-state index contributed by atoms with van der Waals surface area (Å²) in [4.78, 5) is 2.58. The Bertz CT molecular complexity index is 148. The highest BCUT2D eigenvalue weighted by molar-refractivity contribution is 4.87. The second-order valence-corrected chi connectivity index (χ2v) is 4.74. The van der Waals surface area contributed by atoms with Crippen LogP contribution in [0.25, 0.3) is 0 Å². The van der Waals surface area contributed by atoms with Crippen molar-refractivity contribution in [1.29, 1.82) is 0 Å². The van der Waals surface area contributed by atoms with Gasteiger partial charge in [-0.2, -0.15) is 0 Å². The lowest BCUT2D eigenvalue weighted by atomic mass is 10.1. The fourth-order valence-corrected chi connectivity index (χ4v) is 2.26. The Hall–Kier alpha value is -0.0800. The third-order valence-corrected chi connectivity index (χ3v) is 3.58. The molecular weight excluding hydrogens is 172 g/mol. The van der Waals surface area contributed by atoms with E-state index in [0.29, 0.717) is 0 Å². The molecule has 2 unspecified atom stereocenters. The van der Waals surface area contributed by atoms with E-state index in [9.17, 15) is 0 Å². The quantitative estimate of drug-likeness (QED) is 0.674. The molecule has 0 aromatic rings. The van der Waals surface area contributed by atoms with E-state index in [1.54, 1.807) is 0 Å². The number of rotatable bonds is 7. The van der Waals surface area contributed by atoms with Gasteiger partial charge in [-0.3, -0.25) is 4.90 Å². The average molecular weight is 198 g/mol. The molecule has 0 aromatic heterocycles. The van der Waals surface area contributed by atoms with Gasteiger partial charge in [0.05, 0.1) is 0 Å². The molecule has 2 heteroatoms. The molecule has 0 amide bonds. The molecule has 1 aliphatic rings. The summed E-state index contributed by atoms with van der Waals surface area (Å²) in [7, 11) is 4.35. The maximum atomic E-state index is 3.31. The summed E-state index contributed by atoms with van der Waals surface area (Å²) >= 11 is 0. The highest BCUT2D eigenvalue weighted by atomic mass is 15.2. The van der Waals surface area contributed by atoms with Crippen LogP contribution in [-0.4, -0.2) is 37.6 Å². The Balaban J connectivity index is 2.38. The lowest BCUT2D eigenvalue weighted by Crippen LogP contribution is -2.44. The highest BCUT2D eigenvalue weighted by Gasteiger charge is 2.32. The normalized spacial score (nSPS) is 21.2. The molecular formula is C12H26N2. The number of hydrogen-bond acceptors (Lipinski definition) is 2. The zero-order chi connectivity index (χ0) is 10.6. The maximum Gasteiger partial charge on any atom is 0.0220 e. The molecule has 0 saturated heterocycles. The Morgan fingerprint density at radius 1 is 1.43 bits per heavy atom. The fraction of sp³-hybridized carbons (Fsp3) is 1.00. The van der Waals surface area contributed by atoms with Crippen LogP contribution in [0.4, 0.5) is 0 Å². The van der Waals surface area contributed by atoms with E-state index in [0.717, 1.165) is 24.5 Å². The SMILES string of the molecule is CCCC(CNC)N(C)C(C)C1CC1. The van der Waals surface area contributed by atoms with Crippen LogP contribution in [0.5, 0.6) is 0 Å². The van der Waals surface area contributed by atoms with Crippen molar-refractivity contribution in [2.75, 3.05) is 20.6 Å². The van der Waals surface area contributed by atoms with Gasteiger partial charge in [0.25, 0.3) is 0 Å². The van der Waals surface area contributed by atoms with Gasteiger partial charge in [-0.25, -0.2) is 0 Å². The van der Waals surface area contributed by atoms with Gasteiger partial charge in [-0.05, 0) is 46.2 Å². The molecule has 1 saturated carbocycles. The average Bonchev–Trinajstić information content (AvgIpc) is 2.98. The first-order valence-electron chi connectivity index (χ1n) is 6.07. The van der Waals surface area contributed by atoms with Crippen molar-refractivity contribution in [3.05, 3.63) is 0 Å². The first-order chi connectivity index (χ1) is 6.70. The van der Waals surface area contributed by atoms with E-state index < -0.39 is 0 Å². The molecule has 1 fully saturated rings. The van der Waals surface area contributed by atoms with E-state index in [4.69, 9.17) is 0 Å². The molecule has 1 N–H and O–H groups in total. The lowest BCUT2D eigenvalue weighted by Gasteiger charge is -2.33. The van der Waals surface area contributed by atoms with Gasteiger partial charge in [-0.1, -0.05) is 13.3 Å². The topological polar surface area (TPSA) is 15.3 Å². The molecule has 0 radical (unpaired) electrons. The van der Waals surface area contributed by atoms with Crippen molar-refractivity contribution in [2.45, 2.75) is 51.6 Å². The highest BCUT2D eigenvalue weighted by Crippen LogP contribution is 2.35. The molecule has 0 aromatic carbocycles. The van der Waals surface area contributed by atoms with Gasteiger partial charge in [0.2, 0.25) is 0 Å². The van der Waals surface area contributed by atoms with Gasteiger partial charge in [-0.15, -0.1) is 0 Å². The van der Waals surface area contributed by atoms with Crippen molar-refractivity contribution in [3.8, 4) is 0 Å². The number of likely N-dealkylation sites (N-methyl/N-ethyl adjacent to an activating group) is 2. The summed E-state index contributed by atoms with van der Waals surface area (Å²) in [5.74, 6) is 0.983. The predicted octanol–water partition coefficient (Wildman–Crippen LogP) is 2.10. The van der Waals surface area contributed by atoms with Crippen LogP contribution in [0.3, 0.4) is 0 Å². The minimum atomic E-state index is 0.723. The van der Waals surface area contributed by atoms with Gasteiger partial charge in [0, 0.05) is 18.6 Å². The van der Waals surface area contributed by atoms with Crippen LogP contribution in [0.2, 0.25) is 0 Å². The van der Waals surface area contributed by atoms with Gasteiger partial charge < -0.3 is 5.32 Å². The smallest absolute Gasteiger partial charge is 0.0220 e. The van der Waals surface area contributed by atoms with E-state index in [2.05, 4.69) is 38.2 Å². The standard InChI is InChI=1S/C12H26N2/c1-5-6-12(9-13-3)14(4)10(2)11-7-8-11/h10-13H,5-9H2,1-4H3. The molecule has 2 atom stereocenters. The first kappa shape index (κ1) is 12.0. The van der Waals surface area contributed by atoms with Gasteiger partial charge in [0.15, 0.2) is 0 Å². The summed E-state index contributed by atoms with van der Waals surface area (Å²) in [5, 5.41) is 3.31. The van der Waals surface area contributed by atoms with Gasteiger partial charge >= 0.3 is 0 Å². The van der Waals surface area contributed by atoms with E-state index in [1.807, 2.05) is 0 Å². The van der Waals surface area contributed by atoms with E-state index in [1.165, 1.54) is 25.7 Å². The van der Waals surface area contributed by atoms with Crippen molar-refractivity contribution in [3.63, 3.8) is 0 Å². The summed E-state index contributed by atoms with van der Waals surface area (Å²) in [6.07, 6.45) is 5.50. The molecule has 0 spiro atoms. The Kier molecular flexibility index (Phi) is 4.90. The summed E-state index contributed by atoms with van der Waals surface area (Å²) in [6, 6.07) is 1.50. The van der Waals surface area contributed by atoms with Crippen LogP contribution in [-0.2, 0) is 0 Å². The number of nitrogens with one attached hydrogen (secondary N) is 1. The summed E-state index contributed by atoms with van der Waals surface area (Å²) < 4.78 is 0. The minimum Gasteiger partial charge on any atom is -0.318 e. The third-order valence-electron chi connectivity index (χ3n) is 3.58. The summed E-state index contributed by atoms with van der Waals surface area (Å²) in [6.45, 7) is 5.79. The maximum absolute atomic E-state index is 3.31. The second-order valence-electron chi connectivity index (χ2n) is 4.74. The molecule has 1 aliphatic carbocycles. The third kappa shape index (κ3) is 3.25. The second kappa shape index (κ2) is 5.72. The fourth-order valence-electron chi connectivity index (χ4n) is 2.26. The van der Waals surface area contributed by atoms with Crippen LogP contribution in [0.1, 0.15) is 39.5 Å². The Labute approximate surface area is 89.1 Å². The molecule has 1 rings (SSSR count). The molecule has 0 heterocycles. The molecule has 14 heavy (non-hydrogen) atoms. The zero-order valence-corrected chi connectivity index (χ0v) is 10.2. The minimum absolute atomic E-state index is 0.723. The van der Waals surface area contributed by atoms with Crippen molar-refractivity contribution in [1.82, 2.24) is 10.2 Å². The number of nitrogens with zero attached hydrogens (tertiary/aromatic N) is 1. The van der Waals surface area contributed by atoms with Crippen LogP contribution >= 0.6 is 0 Å². The van der Waals surface area contributed by atoms with Crippen LogP contribution in [0, 0.1) is 5.92 Å². The molecule has 2 nitrogen and oxygen atoms in total. The van der Waals surface area contributed by atoms with Crippen molar-refractivity contribution < 1.29 is 0 Å². The van der Waals surface area contributed by atoms with Crippen molar-refractivity contribution in [2.24, 2.45) is 5.92 Å². The van der Waals surface area contributed by atoms with Crippen molar-refractivity contribution >= 4 is 0 Å². The molecule has 0 bridgehead atoms. The largest absolute Gasteiger partial charge is 0.318 e. The molecule has 0 aliphatic heterocycles. The molecule has 84 valence electrons. The monoisotopic (exact) mass is 198 g/mol. The lowest BCUT2D eigenvalue weighted by molar-refractivity contribution is 0.156. The van der Waals surface area contributed by atoms with E-state index >= 15 is 0 Å². The predicted molar refractivity (Wildman–Crippen MR) is 62.6 cm³/mol. The first-order valence-corrected chi connectivity index (χ1v) is 6.07. The van der Waals surface area contributed by atoms with Crippen LogP contribution in [0.15, 0.2) is 0 Å². The van der Waals surface area contributed by atoms with E-state index in [-0.39, 0.29) is 0 Å². The number of hydrogen-bond donors (Lipinski definition) is 1. The zero-order valence-electron chi connectivity index (χ0n) is 10.2. The van der Waals surface area contributed by atoms with Crippen LogP contribution < -0.4 is 5.32 Å².